The Hall–Kier alpha value is -3.61. The number of nitrogens with zero attached hydrogens (tertiary/aromatic N) is 3. The number of halogens is 3. The van der Waals surface area contributed by atoms with Gasteiger partial charge in [-0.15, -0.1) is 0 Å². The van der Waals surface area contributed by atoms with E-state index < -0.39 is 42.0 Å². The molecule has 3 amide bonds. The summed E-state index contributed by atoms with van der Waals surface area (Å²) in [7, 11) is 0. The number of carbonyl (C=O) groups is 2. The number of aromatic nitrogens is 1. The van der Waals surface area contributed by atoms with Crippen LogP contribution in [-0.2, 0) is 11.3 Å². The number of fused-ring (bicyclic) bond motifs is 1. The summed E-state index contributed by atoms with van der Waals surface area (Å²) in [5.74, 6) is -3.50. The molecule has 1 aliphatic rings. The molecule has 1 atom stereocenters. The van der Waals surface area contributed by atoms with Crippen LogP contribution in [0.1, 0.15) is 29.8 Å². The molecular weight excluding hydrogens is 375 g/mol. The van der Waals surface area contributed by atoms with Crippen LogP contribution >= 0.6 is 0 Å². The van der Waals surface area contributed by atoms with Crippen LogP contribution in [0.15, 0.2) is 24.4 Å². The number of urea groups is 1. The molecule has 0 bridgehead atoms. The topological polar surface area (TPSA) is 98.1 Å². The van der Waals surface area contributed by atoms with Gasteiger partial charge in [0.05, 0.1) is 35.7 Å². The van der Waals surface area contributed by atoms with Crippen molar-refractivity contribution in [3.05, 3.63) is 58.7 Å². The molecule has 2 N–H and O–H groups in total. The van der Waals surface area contributed by atoms with Gasteiger partial charge < -0.3 is 15.5 Å². The molecule has 1 aromatic heterocycles. The number of rotatable bonds is 4. The molecule has 0 spiro atoms. The van der Waals surface area contributed by atoms with Crippen molar-refractivity contribution in [2.45, 2.75) is 19.5 Å². The summed E-state index contributed by atoms with van der Waals surface area (Å²) in [5, 5.41) is 13.8. The first-order valence-corrected chi connectivity index (χ1v) is 8.18. The van der Waals surface area contributed by atoms with Crippen LogP contribution < -0.4 is 10.6 Å². The molecule has 2 heterocycles. The maximum absolute atomic E-state index is 13.9. The Labute approximate surface area is 157 Å². The van der Waals surface area contributed by atoms with Crippen LogP contribution in [0.5, 0.6) is 0 Å². The summed E-state index contributed by atoms with van der Waals surface area (Å²) in [6.45, 7) is 0.873. The number of pyridine rings is 1. The second-order valence-electron chi connectivity index (χ2n) is 6.16. The number of nitriles is 1. The summed E-state index contributed by atoms with van der Waals surface area (Å²) in [5.41, 5.74) is 0.135. The maximum atomic E-state index is 13.9. The van der Waals surface area contributed by atoms with E-state index in [1.807, 2.05) is 0 Å². The molecule has 0 fully saturated rings. The standard InChI is InChI=1S/C18H14F3N5O2/c1-9(15-4-10(5-22)13(20)6-23-15)24-16(27)8-26-7-11-14(25-18(26)28)3-2-12(19)17(11)21/h2-4,6,9H,7-8H2,1H3,(H,24,27)(H,25,28). The minimum absolute atomic E-state index is 0.0562. The first-order chi connectivity index (χ1) is 13.3. The number of benzene rings is 1. The van der Waals surface area contributed by atoms with Crippen LogP contribution in [0.4, 0.5) is 23.7 Å². The van der Waals surface area contributed by atoms with E-state index in [1.54, 1.807) is 13.0 Å². The molecule has 144 valence electrons. The van der Waals surface area contributed by atoms with E-state index in [-0.39, 0.29) is 29.1 Å². The SMILES string of the molecule is CC(NC(=O)CN1Cc2c(ccc(F)c2F)NC1=O)c1cc(C#N)c(F)cn1. The van der Waals surface area contributed by atoms with Gasteiger partial charge in [-0.3, -0.25) is 9.78 Å². The van der Waals surface area contributed by atoms with Gasteiger partial charge in [0, 0.05) is 5.56 Å². The normalized spacial score (nSPS) is 14.0. The van der Waals surface area contributed by atoms with E-state index in [2.05, 4.69) is 15.6 Å². The molecule has 7 nitrogen and oxygen atoms in total. The van der Waals surface area contributed by atoms with Crippen LogP contribution in [0.3, 0.4) is 0 Å². The lowest BCUT2D eigenvalue weighted by atomic mass is 10.1. The Morgan fingerprint density at radius 3 is 2.86 bits per heavy atom. The van der Waals surface area contributed by atoms with Crippen LogP contribution in [-0.4, -0.2) is 28.4 Å². The van der Waals surface area contributed by atoms with Gasteiger partial charge in [-0.1, -0.05) is 0 Å². The molecule has 0 saturated heterocycles. The Kier molecular flexibility index (Phi) is 5.17. The van der Waals surface area contributed by atoms with E-state index in [9.17, 15) is 22.8 Å². The second kappa shape index (κ2) is 7.56. The van der Waals surface area contributed by atoms with Crippen molar-refractivity contribution in [3.8, 4) is 6.07 Å². The smallest absolute Gasteiger partial charge is 0.322 e. The lowest BCUT2D eigenvalue weighted by molar-refractivity contribution is -0.122. The average molecular weight is 389 g/mol. The number of amides is 3. The quantitative estimate of drug-likeness (QED) is 0.840. The lowest BCUT2D eigenvalue weighted by Gasteiger charge is -2.29. The molecule has 1 unspecified atom stereocenters. The van der Waals surface area contributed by atoms with Crippen molar-refractivity contribution >= 4 is 17.6 Å². The fraction of sp³-hybridized carbons (Fsp3) is 0.222. The van der Waals surface area contributed by atoms with Gasteiger partial charge in [0.25, 0.3) is 0 Å². The predicted octanol–water partition coefficient (Wildman–Crippen LogP) is 2.60. The van der Waals surface area contributed by atoms with Crippen LogP contribution in [0.2, 0.25) is 0 Å². The number of anilines is 1. The zero-order valence-corrected chi connectivity index (χ0v) is 14.6. The summed E-state index contributed by atoms with van der Waals surface area (Å²) >= 11 is 0. The van der Waals surface area contributed by atoms with Gasteiger partial charge in [0.15, 0.2) is 17.5 Å². The first kappa shape index (κ1) is 19.2. The molecule has 2 aromatic rings. The zero-order chi connectivity index (χ0) is 20.4. The molecule has 10 heteroatoms. The van der Waals surface area contributed by atoms with Crippen molar-refractivity contribution in [3.63, 3.8) is 0 Å². The number of hydrogen-bond acceptors (Lipinski definition) is 4. The van der Waals surface area contributed by atoms with Crippen molar-refractivity contribution in [1.82, 2.24) is 15.2 Å². The zero-order valence-electron chi connectivity index (χ0n) is 14.6. The predicted molar refractivity (Wildman–Crippen MR) is 91.3 cm³/mol. The van der Waals surface area contributed by atoms with E-state index >= 15 is 0 Å². The van der Waals surface area contributed by atoms with E-state index in [4.69, 9.17) is 5.26 Å². The molecule has 0 radical (unpaired) electrons. The van der Waals surface area contributed by atoms with Crippen molar-refractivity contribution in [1.29, 1.82) is 5.26 Å². The highest BCUT2D eigenvalue weighted by Crippen LogP contribution is 2.27. The van der Waals surface area contributed by atoms with Crippen LogP contribution in [0.25, 0.3) is 0 Å². The van der Waals surface area contributed by atoms with Gasteiger partial charge in [0.2, 0.25) is 5.91 Å². The maximum Gasteiger partial charge on any atom is 0.322 e. The highest BCUT2D eigenvalue weighted by Gasteiger charge is 2.28. The van der Waals surface area contributed by atoms with Gasteiger partial charge in [0.1, 0.15) is 12.6 Å². The third kappa shape index (κ3) is 3.73. The third-order valence-electron chi connectivity index (χ3n) is 4.23. The number of nitrogens with one attached hydrogen (secondary N) is 2. The molecule has 1 aliphatic heterocycles. The minimum atomic E-state index is -1.09. The Balaban J connectivity index is 1.68. The number of hydrogen-bond donors (Lipinski definition) is 2. The van der Waals surface area contributed by atoms with Crippen molar-refractivity contribution in [2.24, 2.45) is 0 Å². The van der Waals surface area contributed by atoms with Gasteiger partial charge in [-0.25, -0.2) is 18.0 Å². The number of carbonyl (C=O) groups excluding carboxylic acids is 2. The Morgan fingerprint density at radius 1 is 1.39 bits per heavy atom. The van der Waals surface area contributed by atoms with E-state index in [1.165, 1.54) is 12.1 Å². The summed E-state index contributed by atoms with van der Waals surface area (Å²) in [6, 6.07) is 3.74. The fourth-order valence-corrected chi connectivity index (χ4v) is 2.76. The van der Waals surface area contributed by atoms with Gasteiger partial charge >= 0.3 is 6.03 Å². The van der Waals surface area contributed by atoms with Crippen LogP contribution in [0, 0.1) is 28.8 Å². The van der Waals surface area contributed by atoms with Gasteiger partial charge in [-0.2, -0.15) is 5.26 Å². The molecule has 0 saturated carbocycles. The Morgan fingerprint density at radius 2 is 2.14 bits per heavy atom. The summed E-state index contributed by atoms with van der Waals surface area (Å²) in [6.07, 6.45) is 0.878. The second-order valence-corrected chi connectivity index (χ2v) is 6.16. The Bertz CT molecular complexity index is 1010. The van der Waals surface area contributed by atoms with Crippen molar-refractivity contribution in [2.75, 3.05) is 11.9 Å². The summed E-state index contributed by atoms with van der Waals surface area (Å²) in [4.78, 5) is 29.2. The van der Waals surface area contributed by atoms with Gasteiger partial charge in [-0.05, 0) is 25.1 Å². The largest absolute Gasteiger partial charge is 0.346 e. The first-order valence-electron chi connectivity index (χ1n) is 8.18. The highest BCUT2D eigenvalue weighted by molar-refractivity contribution is 5.94. The molecule has 28 heavy (non-hydrogen) atoms. The molecule has 1 aromatic carbocycles. The highest BCUT2D eigenvalue weighted by atomic mass is 19.2. The molecule has 0 aliphatic carbocycles. The fourth-order valence-electron chi connectivity index (χ4n) is 2.76. The van der Waals surface area contributed by atoms with E-state index in [0.29, 0.717) is 0 Å². The van der Waals surface area contributed by atoms with E-state index in [0.717, 1.165) is 17.2 Å². The third-order valence-corrected chi connectivity index (χ3v) is 4.23. The molecular formula is C18H14F3N5O2. The minimum Gasteiger partial charge on any atom is -0.346 e. The monoisotopic (exact) mass is 389 g/mol. The average Bonchev–Trinajstić information content (AvgIpc) is 2.66. The lowest BCUT2D eigenvalue weighted by Crippen LogP contribution is -2.45. The van der Waals surface area contributed by atoms with Crippen molar-refractivity contribution < 1.29 is 22.8 Å². The molecule has 3 rings (SSSR count). The summed E-state index contributed by atoms with van der Waals surface area (Å²) < 4.78 is 40.7.